The average molecular weight is 347 g/mol. The zero-order valence-corrected chi connectivity index (χ0v) is 14.8. The fourth-order valence-electron chi connectivity index (χ4n) is 2.05. The van der Waals surface area contributed by atoms with Crippen molar-refractivity contribution >= 4 is 23.2 Å². The largest absolute Gasteiger partial charge is 0.491 e. The summed E-state index contributed by atoms with van der Waals surface area (Å²) in [5.74, 6) is -0.182. The van der Waals surface area contributed by atoms with Crippen molar-refractivity contribution in [1.29, 1.82) is 0 Å². The lowest BCUT2D eigenvalue weighted by molar-refractivity contribution is -0.124. The molecule has 128 valence electrons. The van der Waals surface area contributed by atoms with Crippen LogP contribution in [0.25, 0.3) is 0 Å². The predicted molar refractivity (Wildman–Crippen MR) is 93.4 cm³/mol. The van der Waals surface area contributed by atoms with Crippen LogP contribution in [0, 0.1) is 0 Å². The van der Waals surface area contributed by atoms with Crippen molar-refractivity contribution in [2.24, 2.45) is 0 Å². The van der Waals surface area contributed by atoms with Gasteiger partial charge >= 0.3 is 5.97 Å². The third-order valence-electron chi connectivity index (χ3n) is 3.14. The lowest BCUT2D eigenvalue weighted by atomic mass is 10.2. The van der Waals surface area contributed by atoms with Gasteiger partial charge in [-0.15, -0.1) is 11.3 Å². The van der Waals surface area contributed by atoms with E-state index in [0.717, 1.165) is 4.88 Å². The number of nitrogens with one attached hydrogen (secondary N) is 1. The standard InChI is InChI=1S/C18H21NO4S/c1-12(2)23-15-8-6-14(7-9-15)18(21)22-11-17(20)19-13(3)16-5-4-10-24-16/h4-10,12-13H,11H2,1-3H3,(H,19,20)/t13-/m1/s1. The van der Waals surface area contributed by atoms with Gasteiger partial charge in [-0.3, -0.25) is 4.79 Å². The molecule has 6 heteroatoms. The summed E-state index contributed by atoms with van der Waals surface area (Å²) in [5.41, 5.74) is 0.380. The maximum Gasteiger partial charge on any atom is 0.338 e. The van der Waals surface area contributed by atoms with Crippen LogP contribution < -0.4 is 10.1 Å². The number of thiophene rings is 1. The molecular weight excluding hydrogens is 326 g/mol. The first-order valence-corrected chi connectivity index (χ1v) is 8.60. The number of rotatable bonds is 7. The summed E-state index contributed by atoms with van der Waals surface area (Å²) in [6, 6.07) is 10.4. The molecule has 0 aliphatic heterocycles. The van der Waals surface area contributed by atoms with Gasteiger partial charge in [-0.1, -0.05) is 6.07 Å². The van der Waals surface area contributed by atoms with Gasteiger partial charge in [0.15, 0.2) is 6.61 Å². The van der Waals surface area contributed by atoms with Gasteiger partial charge in [0.05, 0.1) is 17.7 Å². The Balaban J connectivity index is 1.80. The number of benzene rings is 1. The Morgan fingerprint density at radius 2 is 1.83 bits per heavy atom. The van der Waals surface area contributed by atoms with Crippen molar-refractivity contribution in [2.75, 3.05) is 6.61 Å². The van der Waals surface area contributed by atoms with Crippen molar-refractivity contribution in [2.45, 2.75) is 32.9 Å². The molecule has 0 saturated heterocycles. The van der Waals surface area contributed by atoms with E-state index in [1.807, 2.05) is 38.3 Å². The molecule has 5 nitrogen and oxygen atoms in total. The van der Waals surface area contributed by atoms with Gasteiger partial charge in [0, 0.05) is 4.88 Å². The Morgan fingerprint density at radius 1 is 1.12 bits per heavy atom. The average Bonchev–Trinajstić information content (AvgIpc) is 3.07. The zero-order chi connectivity index (χ0) is 17.5. The number of amides is 1. The molecule has 1 aromatic carbocycles. The van der Waals surface area contributed by atoms with E-state index in [0.29, 0.717) is 11.3 Å². The second-order valence-electron chi connectivity index (χ2n) is 5.57. The molecule has 0 unspecified atom stereocenters. The third-order valence-corrected chi connectivity index (χ3v) is 4.20. The summed E-state index contributed by atoms with van der Waals surface area (Å²) in [6.45, 7) is 5.44. The number of hydrogen-bond acceptors (Lipinski definition) is 5. The van der Waals surface area contributed by atoms with Gasteiger partial charge in [-0.2, -0.15) is 0 Å². The molecule has 0 saturated carbocycles. The van der Waals surface area contributed by atoms with E-state index in [2.05, 4.69) is 5.32 Å². The second-order valence-corrected chi connectivity index (χ2v) is 6.55. The van der Waals surface area contributed by atoms with Gasteiger partial charge in [-0.25, -0.2) is 4.79 Å². The normalized spacial score (nSPS) is 11.8. The van der Waals surface area contributed by atoms with Crippen molar-refractivity contribution in [3.8, 4) is 5.75 Å². The van der Waals surface area contributed by atoms with Crippen LogP contribution in [-0.2, 0) is 9.53 Å². The molecule has 0 aliphatic carbocycles. The Labute approximate surface area is 145 Å². The van der Waals surface area contributed by atoms with E-state index in [1.54, 1.807) is 35.6 Å². The zero-order valence-electron chi connectivity index (χ0n) is 13.9. The summed E-state index contributed by atoms with van der Waals surface area (Å²) in [5, 5.41) is 4.74. The summed E-state index contributed by atoms with van der Waals surface area (Å²) >= 11 is 1.57. The highest BCUT2D eigenvalue weighted by molar-refractivity contribution is 7.10. The minimum atomic E-state index is -0.537. The summed E-state index contributed by atoms with van der Waals surface area (Å²) < 4.78 is 10.6. The molecule has 0 spiro atoms. The van der Waals surface area contributed by atoms with Crippen LogP contribution in [0.15, 0.2) is 41.8 Å². The molecule has 2 aromatic rings. The molecule has 0 radical (unpaired) electrons. The van der Waals surface area contributed by atoms with Crippen LogP contribution in [0.4, 0.5) is 0 Å². The number of carbonyl (C=O) groups is 2. The maximum absolute atomic E-state index is 12.0. The van der Waals surface area contributed by atoms with Crippen molar-refractivity contribution < 1.29 is 19.1 Å². The molecule has 24 heavy (non-hydrogen) atoms. The first-order chi connectivity index (χ1) is 11.5. The SMILES string of the molecule is CC(C)Oc1ccc(C(=O)OCC(=O)N[C@H](C)c2cccs2)cc1. The van der Waals surface area contributed by atoms with Crippen LogP contribution in [0.5, 0.6) is 5.75 Å². The van der Waals surface area contributed by atoms with Gasteiger partial charge in [0.2, 0.25) is 0 Å². The summed E-state index contributed by atoms with van der Waals surface area (Å²) in [7, 11) is 0. The van der Waals surface area contributed by atoms with Crippen molar-refractivity contribution in [1.82, 2.24) is 5.32 Å². The first kappa shape index (κ1) is 18.0. The quantitative estimate of drug-likeness (QED) is 0.778. The lowest BCUT2D eigenvalue weighted by Gasteiger charge is -2.12. The molecular formula is C18H21NO4S. The molecule has 1 amide bonds. The number of esters is 1. The fourth-order valence-corrected chi connectivity index (χ4v) is 2.78. The monoisotopic (exact) mass is 347 g/mol. The number of hydrogen-bond donors (Lipinski definition) is 1. The van der Waals surface area contributed by atoms with Gasteiger partial charge in [0.1, 0.15) is 5.75 Å². The van der Waals surface area contributed by atoms with Crippen LogP contribution in [0.1, 0.15) is 42.0 Å². The highest BCUT2D eigenvalue weighted by atomic mass is 32.1. The first-order valence-electron chi connectivity index (χ1n) is 7.72. The molecule has 1 heterocycles. The van der Waals surface area contributed by atoms with Crippen molar-refractivity contribution in [3.05, 3.63) is 52.2 Å². The topological polar surface area (TPSA) is 64.6 Å². The fraction of sp³-hybridized carbons (Fsp3) is 0.333. The van der Waals surface area contributed by atoms with Gasteiger partial charge in [0.25, 0.3) is 5.91 Å². The third kappa shape index (κ3) is 5.38. The minimum Gasteiger partial charge on any atom is -0.491 e. The molecule has 0 bridgehead atoms. The Hall–Kier alpha value is -2.34. The van der Waals surface area contributed by atoms with E-state index in [1.165, 1.54) is 0 Å². The Morgan fingerprint density at radius 3 is 2.42 bits per heavy atom. The maximum atomic E-state index is 12.0. The highest BCUT2D eigenvalue weighted by Crippen LogP contribution is 2.18. The van der Waals surface area contributed by atoms with E-state index < -0.39 is 5.97 Å². The summed E-state index contributed by atoms with van der Waals surface area (Å²) in [4.78, 5) is 24.9. The van der Waals surface area contributed by atoms with Crippen molar-refractivity contribution in [3.63, 3.8) is 0 Å². The number of carbonyl (C=O) groups excluding carboxylic acids is 2. The van der Waals surface area contributed by atoms with Crippen LogP contribution in [0.2, 0.25) is 0 Å². The molecule has 1 atom stereocenters. The lowest BCUT2D eigenvalue weighted by Crippen LogP contribution is -2.30. The molecule has 2 rings (SSSR count). The highest BCUT2D eigenvalue weighted by Gasteiger charge is 2.13. The van der Waals surface area contributed by atoms with Crippen LogP contribution in [-0.4, -0.2) is 24.6 Å². The number of ether oxygens (including phenoxy) is 2. The van der Waals surface area contributed by atoms with E-state index in [9.17, 15) is 9.59 Å². The van der Waals surface area contributed by atoms with E-state index >= 15 is 0 Å². The molecule has 0 fully saturated rings. The van der Waals surface area contributed by atoms with E-state index in [4.69, 9.17) is 9.47 Å². The smallest absolute Gasteiger partial charge is 0.338 e. The molecule has 1 aromatic heterocycles. The molecule has 1 N–H and O–H groups in total. The van der Waals surface area contributed by atoms with Gasteiger partial charge in [-0.05, 0) is 56.5 Å². The predicted octanol–water partition coefficient (Wildman–Crippen LogP) is 3.57. The minimum absolute atomic E-state index is 0.0665. The Bertz CT molecular complexity index is 665. The second kappa shape index (κ2) is 8.49. The van der Waals surface area contributed by atoms with E-state index in [-0.39, 0.29) is 24.7 Å². The van der Waals surface area contributed by atoms with Crippen LogP contribution in [0.3, 0.4) is 0 Å². The van der Waals surface area contributed by atoms with Gasteiger partial charge < -0.3 is 14.8 Å². The molecule has 0 aliphatic rings. The summed E-state index contributed by atoms with van der Waals surface area (Å²) in [6.07, 6.45) is 0.0665. The Kier molecular flexibility index (Phi) is 6.37. The van der Waals surface area contributed by atoms with Crippen LogP contribution >= 0.6 is 11.3 Å².